The molecule has 1 aromatic rings. The van der Waals surface area contributed by atoms with Gasteiger partial charge < -0.3 is 15.0 Å². The van der Waals surface area contributed by atoms with Gasteiger partial charge in [0.1, 0.15) is 0 Å². The SMILES string of the molecule is Cc1cc(NCCCN2CCOCC2)cc(=O)[nH]1. The van der Waals surface area contributed by atoms with Crippen LogP contribution >= 0.6 is 0 Å². The molecule has 5 nitrogen and oxygen atoms in total. The average Bonchev–Trinajstić information content (AvgIpc) is 2.35. The normalized spacial score (nSPS) is 16.7. The van der Waals surface area contributed by atoms with E-state index in [1.807, 2.05) is 13.0 Å². The number of ether oxygens (including phenoxy) is 1. The Morgan fingerprint density at radius 2 is 2.17 bits per heavy atom. The molecule has 1 aliphatic heterocycles. The predicted octanol–water partition coefficient (Wildman–Crippen LogP) is 0.818. The van der Waals surface area contributed by atoms with Crippen molar-refractivity contribution in [2.24, 2.45) is 0 Å². The number of nitrogens with zero attached hydrogens (tertiary/aromatic N) is 1. The van der Waals surface area contributed by atoms with E-state index >= 15 is 0 Å². The van der Waals surface area contributed by atoms with Crippen molar-refractivity contribution >= 4 is 5.69 Å². The molecule has 0 aliphatic carbocycles. The highest BCUT2D eigenvalue weighted by Gasteiger charge is 2.08. The van der Waals surface area contributed by atoms with Crippen LogP contribution in [0.25, 0.3) is 0 Å². The van der Waals surface area contributed by atoms with Crippen molar-refractivity contribution in [3.05, 3.63) is 28.2 Å². The summed E-state index contributed by atoms with van der Waals surface area (Å²) in [6.45, 7) is 7.62. The van der Waals surface area contributed by atoms with Crippen LogP contribution in [0.4, 0.5) is 5.69 Å². The summed E-state index contributed by atoms with van der Waals surface area (Å²) >= 11 is 0. The molecule has 1 aliphatic rings. The van der Waals surface area contributed by atoms with Crippen LogP contribution in [0.15, 0.2) is 16.9 Å². The number of rotatable bonds is 5. The van der Waals surface area contributed by atoms with Gasteiger partial charge in [0.05, 0.1) is 13.2 Å². The molecule has 0 saturated carbocycles. The molecule has 0 unspecified atom stereocenters. The van der Waals surface area contributed by atoms with E-state index in [-0.39, 0.29) is 5.56 Å². The molecule has 0 bridgehead atoms. The maximum atomic E-state index is 11.3. The summed E-state index contributed by atoms with van der Waals surface area (Å²) in [5.74, 6) is 0. The fourth-order valence-corrected chi connectivity index (χ4v) is 2.14. The Morgan fingerprint density at radius 3 is 2.89 bits per heavy atom. The first-order valence-electron chi connectivity index (χ1n) is 6.49. The Labute approximate surface area is 107 Å². The standard InChI is InChI=1S/C13H21N3O2/c1-11-9-12(10-13(17)15-11)14-3-2-4-16-5-7-18-8-6-16/h9-10H,2-8H2,1H3,(H2,14,15,17). The summed E-state index contributed by atoms with van der Waals surface area (Å²) in [5, 5.41) is 3.29. The first kappa shape index (κ1) is 13.1. The van der Waals surface area contributed by atoms with E-state index in [0.717, 1.165) is 57.2 Å². The molecule has 2 rings (SSSR count). The number of hydrogen-bond donors (Lipinski definition) is 2. The molecule has 1 aromatic heterocycles. The third-order valence-electron chi connectivity index (χ3n) is 3.06. The molecule has 0 aromatic carbocycles. The van der Waals surface area contributed by atoms with E-state index in [9.17, 15) is 4.79 Å². The van der Waals surface area contributed by atoms with E-state index in [1.165, 1.54) is 0 Å². The van der Waals surface area contributed by atoms with E-state index < -0.39 is 0 Å². The van der Waals surface area contributed by atoms with E-state index in [1.54, 1.807) is 6.07 Å². The molecule has 2 heterocycles. The summed E-state index contributed by atoms with van der Waals surface area (Å²) < 4.78 is 5.31. The van der Waals surface area contributed by atoms with Crippen molar-refractivity contribution in [1.82, 2.24) is 9.88 Å². The number of H-pyrrole nitrogens is 1. The third kappa shape index (κ3) is 4.16. The van der Waals surface area contributed by atoms with Crippen molar-refractivity contribution in [3.63, 3.8) is 0 Å². The molecule has 100 valence electrons. The quantitative estimate of drug-likeness (QED) is 0.761. The van der Waals surface area contributed by atoms with Gasteiger partial charge in [-0.05, 0) is 26.0 Å². The van der Waals surface area contributed by atoms with Gasteiger partial charge in [0.25, 0.3) is 0 Å². The van der Waals surface area contributed by atoms with Gasteiger partial charge >= 0.3 is 0 Å². The maximum Gasteiger partial charge on any atom is 0.250 e. The molecule has 0 radical (unpaired) electrons. The second-order valence-electron chi connectivity index (χ2n) is 4.65. The lowest BCUT2D eigenvalue weighted by atomic mass is 10.3. The van der Waals surface area contributed by atoms with Gasteiger partial charge in [-0.3, -0.25) is 9.69 Å². The van der Waals surface area contributed by atoms with Gasteiger partial charge in [-0.15, -0.1) is 0 Å². The van der Waals surface area contributed by atoms with Crippen LogP contribution in [0.3, 0.4) is 0 Å². The second kappa shape index (κ2) is 6.56. The van der Waals surface area contributed by atoms with E-state index in [2.05, 4.69) is 15.2 Å². The molecule has 0 amide bonds. The van der Waals surface area contributed by atoms with Crippen LogP contribution in [-0.2, 0) is 4.74 Å². The number of aromatic nitrogens is 1. The van der Waals surface area contributed by atoms with Crippen LogP contribution in [0.1, 0.15) is 12.1 Å². The molecule has 2 N–H and O–H groups in total. The monoisotopic (exact) mass is 251 g/mol. The number of pyridine rings is 1. The van der Waals surface area contributed by atoms with Crippen LogP contribution in [0.5, 0.6) is 0 Å². The topological polar surface area (TPSA) is 57.4 Å². The predicted molar refractivity (Wildman–Crippen MR) is 72.2 cm³/mol. The van der Waals surface area contributed by atoms with Crippen LogP contribution in [0.2, 0.25) is 0 Å². The lowest BCUT2D eigenvalue weighted by Gasteiger charge is -2.26. The number of nitrogens with one attached hydrogen (secondary N) is 2. The first-order valence-corrected chi connectivity index (χ1v) is 6.49. The summed E-state index contributed by atoms with van der Waals surface area (Å²) in [6.07, 6.45) is 1.08. The van der Waals surface area contributed by atoms with Crippen molar-refractivity contribution in [2.75, 3.05) is 44.7 Å². The number of morpholine rings is 1. The van der Waals surface area contributed by atoms with Crippen molar-refractivity contribution in [3.8, 4) is 0 Å². The van der Waals surface area contributed by atoms with Crippen molar-refractivity contribution < 1.29 is 4.74 Å². The molecule has 5 heteroatoms. The third-order valence-corrected chi connectivity index (χ3v) is 3.06. The minimum Gasteiger partial charge on any atom is -0.385 e. The van der Waals surface area contributed by atoms with Crippen LogP contribution in [0, 0.1) is 6.92 Å². The number of hydrogen-bond acceptors (Lipinski definition) is 4. The highest BCUT2D eigenvalue weighted by Crippen LogP contribution is 2.04. The fraction of sp³-hybridized carbons (Fsp3) is 0.615. The van der Waals surface area contributed by atoms with E-state index in [4.69, 9.17) is 4.74 Å². The Kier molecular flexibility index (Phi) is 4.78. The lowest BCUT2D eigenvalue weighted by molar-refractivity contribution is 0.0378. The van der Waals surface area contributed by atoms with Gasteiger partial charge in [-0.2, -0.15) is 0 Å². The Balaban J connectivity index is 1.69. The van der Waals surface area contributed by atoms with Crippen molar-refractivity contribution in [2.45, 2.75) is 13.3 Å². The zero-order valence-corrected chi connectivity index (χ0v) is 10.9. The van der Waals surface area contributed by atoms with Gasteiger partial charge in [0.2, 0.25) is 5.56 Å². The summed E-state index contributed by atoms with van der Waals surface area (Å²) in [5.41, 5.74) is 1.74. The molecular weight excluding hydrogens is 230 g/mol. The number of aryl methyl sites for hydroxylation is 1. The Hall–Kier alpha value is -1.33. The van der Waals surface area contributed by atoms with Gasteiger partial charge in [0.15, 0.2) is 0 Å². The smallest absolute Gasteiger partial charge is 0.250 e. The summed E-state index contributed by atoms with van der Waals surface area (Å²) in [6, 6.07) is 3.55. The average molecular weight is 251 g/mol. The number of anilines is 1. The zero-order chi connectivity index (χ0) is 12.8. The fourth-order valence-electron chi connectivity index (χ4n) is 2.14. The molecule has 18 heavy (non-hydrogen) atoms. The molecule has 1 fully saturated rings. The lowest BCUT2D eigenvalue weighted by Crippen LogP contribution is -2.37. The molecule has 1 saturated heterocycles. The minimum absolute atomic E-state index is 0.0503. The van der Waals surface area contributed by atoms with Gasteiger partial charge in [-0.25, -0.2) is 0 Å². The molecule has 0 atom stereocenters. The minimum atomic E-state index is -0.0503. The van der Waals surface area contributed by atoms with Crippen molar-refractivity contribution in [1.29, 1.82) is 0 Å². The zero-order valence-electron chi connectivity index (χ0n) is 10.9. The summed E-state index contributed by atoms with van der Waals surface area (Å²) in [4.78, 5) is 16.4. The van der Waals surface area contributed by atoms with E-state index in [0.29, 0.717) is 0 Å². The van der Waals surface area contributed by atoms with Gasteiger partial charge in [-0.1, -0.05) is 0 Å². The van der Waals surface area contributed by atoms with Crippen LogP contribution in [-0.4, -0.2) is 49.3 Å². The summed E-state index contributed by atoms with van der Waals surface area (Å²) in [7, 11) is 0. The number of aromatic amines is 1. The van der Waals surface area contributed by atoms with Crippen LogP contribution < -0.4 is 10.9 Å². The Morgan fingerprint density at radius 1 is 1.39 bits per heavy atom. The first-order chi connectivity index (χ1) is 8.74. The highest BCUT2D eigenvalue weighted by atomic mass is 16.5. The molecular formula is C13H21N3O2. The largest absolute Gasteiger partial charge is 0.385 e. The Bertz CT molecular complexity index is 424. The maximum absolute atomic E-state index is 11.3. The second-order valence-corrected chi connectivity index (χ2v) is 4.65. The molecule has 0 spiro atoms. The highest BCUT2D eigenvalue weighted by molar-refractivity contribution is 5.42. The van der Waals surface area contributed by atoms with Gasteiger partial charge in [0, 0.05) is 37.1 Å².